The van der Waals surface area contributed by atoms with E-state index in [1.54, 1.807) is 17.8 Å². The Morgan fingerprint density at radius 1 is 1.38 bits per heavy atom. The van der Waals surface area contributed by atoms with Crippen molar-refractivity contribution in [2.24, 2.45) is 0 Å². The summed E-state index contributed by atoms with van der Waals surface area (Å²) in [5, 5.41) is 19.7. The highest BCUT2D eigenvalue weighted by Crippen LogP contribution is 2.16. The van der Waals surface area contributed by atoms with Crippen LogP contribution < -0.4 is 5.32 Å². The molecule has 2 aromatic heterocycles. The second-order valence-electron chi connectivity index (χ2n) is 4.64. The van der Waals surface area contributed by atoms with Crippen molar-refractivity contribution in [1.82, 2.24) is 19.6 Å². The molecular weight excluding hydrogens is 274 g/mol. The largest absolute Gasteiger partial charge is 0.478 e. The topological polar surface area (TPSA) is 102 Å². The number of nitrogens with one attached hydrogen (secondary N) is 1. The maximum absolute atomic E-state index is 12.2. The Kier molecular flexibility index (Phi) is 4.06. The molecule has 112 valence electrons. The lowest BCUT2D eigenvalue weighted by Crippen LogP contribution is -2.24. The molecule has 0 saturated carbocycles. The van der Waals surface area contributed by atoms with Crippen molar-refractivity contribution in [2.75, 3.05) is 5.32 Å². The summed E-state index contributed by atoms with van der Waals surface area (Å²) in [4.78, 5) is 23.0. The molecule has 0 spiro atoms. The molecule has 0 bridgehead atoms. The molecule has 0 aliphatic carbocycles. The molecule has 2 rings (SSSR count). The van der Waals surface area contributed by atoms with E-state index in [0.717, 1.165) is 12.2 Å². The molecule has 0 aliphatic heterocycles. The van der Waals surface area contributed by atoms with Gasteiger partial charge >= 0.3 is 5.97 Å². The average molecular weight is 291 g/mol. The predicted molar refractivity (Wildman–Crippen MR) is 75.2 cm³/mol. The lowest BCUT2D eigenvalue weighted by molar-refractivity contribution is -0.119. The Labute approximate surface area is 121 Å². The molecular formula is C13H17N5O3. The molecule has 1 amide bonds. The van der Waals surface area contributed by atoms with Crippen LogP contribution in [-0.4, -0.2) is 36.5 Å². The number of aromatic carboxylic acids is 1. The number of anilines is 1. The summed E-state index contributed by atoms with van der Waals surface area (Å²) in [6, 6.07) is -0.623. The second-order valence-corrected chi connectivity index (χ2v) is 4.64. The highest BCUT2D eigenvalue weighted by atomic mass is 16.4. The Morgan fingerprint density at radius 2 is 2.10 bits per heavy atom. The fourth-order valence-electron chi connectivity index (χ4n) is 1.91. The summed E-state index contributed by atoms with van der Waals surface area (Å²) in [5.41, 5.74) is 1.55. The Bertz CT molecular complexity index is 673. The van der Waals surface area contributed by atoms with E-state index < -0.39 is 12.0 Å². The zero-order valence-electron chi connectivity index (χ0n) is 12.1. The van der Waals surface area contributed by atoms with E-state index in [1.165, 1.54) is 17.1 Å². The predicted octanol–water partition coefficient (Wildman–Crippen LogP) is 1.31. The number of carboxylic acids is 1. The van der Waals surface area contributed by atoms with Crippen LogP contribution in [0.15, 0.2) is 18.6 Å². The molecule has 0 fully saturated rings. The van der Waals surface area contributed by atoms with E-state index >= 15 is 0 Å². The lowest BCUT2D eigenvalue weighted by atomic mass is 10.3. The summed E-state index contributed by atoms with van der Waals surface area (Å²) >= 11 is 0. The third-order valence-electron chi connectivity index (χ3n) is 3.29. The van der Waals surface area contributed by atoms with Gasteiger partial charge in [0.1, 0.15) is 6.04 Å². The fourth-order valence-corrected chi connectivity index (χ4v) is 1.91. The van der Waals surface area contributed by atoms with Gasteiger partial charge in [0, 0.05) is 12.7 Å². The summed E-state index contributed by atoms with van der Waals surface area (Å²) in [5.74, 6) is -1.36. The van der Waals surface area contributed by atoms with Gasteiger partial charge in [0.2, 0.25) is 5.91 Å². The third-order valence-corrected chi connectivity index (χ3v) is 3.29. The van der Waals surface area contributed by atoms with Crippen molar-refractivity contribution < 1.29 is 14.7 Å². The minimum atomic E-state index is -1.08. The first kappa shape index (κ1) is 14.8. The van der Waals surface area contributed by atoms with Gasteiger partial charge < -0.3 is 10.4 Å². The summed E-state index contributed by atoms with van der Waals surface area (Å²) in [7, 11) is 0. The first-order chi connectivity index (χ1) is 9.93. The number of amides is 1. The first-order valence-electron chi connectivity index (χ1n) is 6.54. The van der Waals surface area contributed by atoms with E-state index in [-0.39, 0.29) is 11.5 Å². The summed E-state index contributed by atoms with van der Waals surface area (Å²) in [6.07, 6.45) is 4.14. The van der Waals surface area contributed by atoms with Gasteiger partial charge in [-0.25, -0.2) is 4.79 Å². The molecule has 2 N–H and O–H groups in total. The zero-order valence-corrected chi connectivity index (χ0v) is 12.1. The number of carboxylic acid groups (broad SMARTS) is 1. The second kappa shape index (κ2) is 5.78. The van der Waals surface area contributed by atoms with Crippen LogP contribution >= 0.6 is 0 Å². The molecule has 21 heavy (non-hydrogen) atoms. The number of nitrogens with zero attached hydrogens (tertiary/aromatic N) is 4. The van der Waals surface area contributed by atoms with Crippen LogP contribution in [0.1, 0.15) is 35.9 Å². The minimum Gasteiger partial charge on any atom is -0.478 e. The van der Waals surface area contributed by atoms with Gasteiger partial charge in [0.05, 0.1) is 29.3 Å². The van der Waals surface area contributed by atoms with Gasteiger partial charge in [-0.2, -0.15) is 10.2 Å². The van der Waals surface area contributed by atoms with E-state index in [0.29, 0.717) is 5.69 Å². The summed E-state index contributed by atoms with van der Waals surface area (Å²) < 4.78 is 3.09. The van der Waals surface area contributed by atoms with Crippen LogP contribution in [0.5, 0.6) is 0 Å². The smallest absolute Gasteiger partial charge is 0.338 e. The Morgan fingerprint density at radius 3 is 2.62 bits per heavy atom. The molecule has 0 aliphatic rings. The molecule has 1 unspecified atom stereocenters. The maximum Gasteiger partial charge on any atom is 0.338 e. The number of aromatic nitrogens is 4. The summed E-state index contributed by atoms with van der Waals surface area (Å²) in [6.45, 7) is 6.20. The van der Waals surface area contributed by atoms with Crippen LogP contribution in [0.25, 0.3) is 0 Å². The van der Waals surface area contributed by atoms with Gasteiger partial charge in [0.25, 0.3) is 0 Å². The maximum atomic E-state index is 12.2. The van der Waals surface area contributed by atoms with Gasteiger partial charge in [-0.05, 0) is 20.8 Å². The number of aryl methyl sites for hydroxylation is 1. The monoisotopic (exact) mass is 291 g/mol. The molecule has 0 aromatic carbocycles. The van der Waals surface area contributed by atoms with E-state index in [4.69, 9.17) is 5.11 Å². The van der Waals surface area contributed by atoms with Crippen molar-refractivity contribution in [3.63, 3.8) is 0 Å². The number of carbonyl (C=O) groups is 2. The standard InChI is InChI=1S/C13H17N5O3/c1-4-17-8(2)11(6-15-17)16-12(19)9(3)18-7-10(5-14-18)13(20)21/h5-7,9H,4H2,1-3H3,(H,16,19)(H,20,21). The van der Waals surface area contributed by atoms with Crippen molar-refractivity contribution >= 4 is 17.6 Å². The highest BCUT2D eigenvalue weighted by molar-refractivity contribution is 5.94. The van der Waals surface area contributed by atoms with E-state index in [1.807, 2.05) is 13.8 Å². The molecule has 0 radical (unpaired) electrons. The Balaban J connectivity index is 2.11. The van der Waals surface area contributed by atoms with Crippen LogP contribution in [0.4, 0.5) is 5.69 Å². The van der Waals surface area contributed by atoms with E-state index in [9.17, 15) is 9.59 Å². The fraction of sp³-hybridized carbons (Fsp3) is 0.385. The molecule has 1 atom stereocenters. The quantitative estimate of drug-likeness (QED) is 0.864. The molecule has 8 nitrogen and oxygen atoms in total. The molecule has 0 saturated heterocycles. The third kappa shape index (κ3) is 2.93. The number of hydrogen-bond donors (Lipinski definition) is 2. The lowest BCUT2D eigenvalue weighted by Gasteiger charge is -2.12. The zero-order chi connectivity index (χ0) is 15.6. The first-order valence-corrected chi connectivity index (χ1v) is 6.54. The minimum absolute atomic E-state index is 0.0460. The van der Waals surface area contributed by atoms with Crippen molar-refractivity contribution in [1.29, 1.82) is 0 Å². The van der Waals surface area contributed by atoms with E-state index in [2.05, 4.69) is 15.5 Å². The van der Waals surface area contributed by atoms with Gasteiger partial charge in [0.15, 0.2) is 0 Å². The highest BCUT2D eigenvalue weighted by Gasteiger charge is 2.19. The number of hydrogen-bond acceptors (Lipinski definition) is 4. The van der Waals surface area contributed by atoms with Crippen molar-refractivity contribution in [3.8, 4) is 0 Å². The molecule has 8 heteroatoms. The van der Waals surface area contributed by atoms with Gasteiger partial charge in [-0.1, -0.05) is 0 Å². The Hall–Kier alpha value is -2.64. The normalized spacial score (nSPS) is 12.1. The van der Waals surface area contributed by atoms with Crippen LogP contribution in [0.3, 0.4) is 0 Å². The molecule has 2 heterocycles. The molecule has 2 aromatic rings. The van der Waals surface area contributed by atoms with Gasteiger partial charge in [-0.15, -0.1) is 0 Å². The van der Waals surface area contributed by atoms with Gasteiger partial charge in [-0.3, -0.25) is 14.2 Å². The van der Waals surface area contributed by atoms with Crippen LogP contribution in [0.2, 0.25) is 0 Å². The van der Waals surface area contributed by atoms with Crippen LogP contribution in [0, 0.1) is 6.92 Å². The van der Waals surface area contributed by atoms with Crippen molar-refractivity contribution in [3.05, 3.63) is 29.8 Å². The average Bonchev–Trinajstić information content (AvgIpc) is 3.06. The SMILES string of the molecule is CCn1ncc(NC(=O)C(C)n2cc(C(=O)O)cn2)c1C. The van der Waals surface area contributed by atoms with Crippen LogP contribution in [-0.2, 0) is 11.3 Å². The number of carbonyl (C=O) groups excluding carboxylic acids is 1. The number of rotatable bonds is 5. The van der Waals surface area contributed by atoms with Crippen molar-refractivity contribution in [2.45, 2.75) is 33.4 Å².